The second kappa shape index (κ2) is 4.39. The average Bonchev–Trinajstić information content (AvgIpc) is 2.87. The van der Waals surface area contributed by atoms with Gasteiger partial charge in [0.2, 0.25) is 0 Å². The van der Waals surface area contributed by atoms with E-state index in [1.54, 1.807) is 0 Å². The Morgan fingerprint density at radius 3 is 2.30 bits per heavy atom. The first-order valence-corrected chi connectivity index (χ1v) is 7.98. The third kappa shape index (κ3) is 1.76. The van der Waals surface area contributed by atoms with Crippen LogP contribution in [0.4, 0.5) is 0 Å². The van der Waals surface area contributed by atoms with Crippen molar-refractivity contribution in [3.05, 3.63) is 23.8 Å². The first kappa shape index (κ1) is 12.5. The number of rotatable bonds is 2. The van der Waals surface area contributed by atoms with Gasteiger partial charge in [0, 0.05) is 24.8 Å². The Bertz CT molecular complexity index is 516. The van der Waals surface area contributed by atoms with Crippen LogP contribution >= 0.6 is 0 Å². The van der Waals surface area contributed by atoms with Crippen molar-refractivity contribution in [2.75, 3.05) is 6.54 Å². The summed E-state index contributed by atoms with van der Waals surface area (Å²) in [5.74, 6) is 1.51. The first-order valence-electron chi connectivity index (χ1n) is 7.98. The van der Waals surface area contributed by atoms with Crippen molar-refractivity contribution in [1.29, 1.82) is 0 Å². The van der Waals surface area contributed by atoms with Gasteiger partial charge in [0.25, 0.3) is 5.79 Å². The highest BCUT2D eigenvalue weighted by molar-refractivity contribution is 5.48. The predicted octanol–water partition coefficient (Wildman–Crippen LogP) is 3.50. The Morgan fingerprint density at radius 1 is 0.900 bits per heavy atom. The van der Waals surface area contributed by atoms with Crippen LogP contribution in [-0.2, 0) is 5.41 Å². The van der Waals surface area contributed by atoms with E-state index in [-0.39, 0.29) is 11.2 Å². The fourth-order valence-corrected chi connectivity index (χ4v) is 3.93. The molecule has 1 aromatic rings. The van der Waals surface area contributed by atoms with Gasteiger partial charge in [-0.2, -0.15) is 0 Å². The lowest BCUT2D eigenvalue weighted by Crippen LogP contribution is -2.45. The minimum atomic E-state index is -0.330. The summed E-state index contributed by atoms with van der Waals surface area (Å²) in [7, 11) is 0. The van der Waals surface area contributed by atoms with Gasteiger partial charge in [-0.25, -0.2) is 0 Å². The van der Waals surface area contributed by atoms with E-state index >= 15 is 0 Å². The molecule has 2 saturated carbocycles. The van der Waals surface area contributed by atoms with Gasteiger partial charge < -0.3 is 15.2 Å². The first-order chi connectivity index (χ1) is 9.75. The molecule has 0 atom stereocenters. The monoisotopic (exact) mass is 273 g/mol. The molecule has 108 valence electrons. The normalized spacial score (nSPS) is 25.4. The lowest BCUT2D eigenvalue weighted by molar-refractivity contribution is -0.138. The van der Waals surface area contributed by atoms with Crippen LogP contribution in [0, 0.1) is 0 Å². The Morgan fingerprint density at radius 2 is 1.65 bits per heavy atom. The third-order valence-electron chi connectivity index (χ3n) is 5.46. The maximum Gasteiger partial charge on any atom is 0.251 e. The molecule has 4 rings (SSSR count). The van der Waals surface area contributed by atoms with Crippen LogP contribution in [0.1, 0.15) is 56.9 Å². The summed E-state index contributed by atoms with van der Waals surface area (Å²) in [5, 5.41) is 0. The van der Waals surface area contributed by atoms with E-state index in [9.17, 15) is 0 Å². The molecule has 2 N–H and O–H groups in total. The molecule has 0 bridgehead atoms. The summed E-state index contributed by atoms with van der Waals surface area (Å²) in [5.41, 5.74) is 7.64. The molecular formula is C17H23NO2. The van der Waals surface area contributed by atoms with E-state index in [1.807, 2.05) is 0 Å². The summed E-state index contributed by atoms with van der Waals surface area (Å²) in [6, 6.07) is 6.49. The van der Waals surface area contributed by atoms with Gasteiger partial charge in [-0.05, 0) is 37.0 Å². The zero-order valence-electron chi connectivity index (χ0n) is 12.0. The Labute approximate surface area is 120 Å². The van der Waals surface area contributed by atoms with E-state index in [2.05, 4.69) is 18.2 Å². The molecule has 0 radical (unpaired) electrons. The quantitative estimate of drug-likeness (QED) is 0.897. The second-order valence-electron chi connectivity index (χ2n) is 6.67. The Balaban J connectivity index is 1.66. The molecule has 1 spiro atoms. The van der Waals surface area contributed by atoms with Crippen LogP contribution < -0.4 is 15.2 Å². The minimum absolute atomic E-state index is 0.159. The topological polar surface area (TPSA) is 44.5 Å². The summed E-state index contributed by atoms with van der Waals surface area (Å²) in [6.07, 6.45) is 9.55. The van der Waals surface area contributed by atoms with Crippen molar-refractivity contribution >= 4 is 0 Å². The lowest BCUT2D eigenvalue weighted by Gasteiger charge is -2.37. The summed E-state index contributed by atoms with van der Waals surface area (Å²) in [4.78, 5) is 0. The SMILES string of the molecule is NCC1(c2ccc3c(c2)OC2(CCC2)O3)CCCCC1. The van der Waals surface area contributed by atoms with E-state index in [1.165, 1.54) is 44.1 Å². The molecular weight excluding hydrogens is 250 g/mol. The molecule has 0 saturated heterocycles. The average molecular weight is 273 g/mol. The van der Waals surface area contributed by atoms with E-state index in [0.717, 1.165) is 30.9 Å². The van der Waals surface area contributed by atoms with Crippen LogP contribution in [-0.4, -0.2) is 12.3 Å². The molecule has 1 aromatic carbocycles. The van der Waals surface area contributed by atoms with Gasteiger partial charge in [0.1, 0.15) is 0 Å². The van der Waals surface area contributed by atoms with Crippen molar-refractivity contribution in [1.82, 2.24) is 0 Å². The predicted molar refractivity (Wildman–Crippen MR) is 78.1 cm³/mol. The highest BCUT2D eigenvalue weighted by Gasteiger charge is 2.47. The number of fused-ring (bicyclic) bond motifs is 1. The second-order valence-corrected chi connectivity index (χ2v) is 6.67. The molecule has 0 unspecified atom stereocenters. The summed E-state index contributed by atoms with van der Waals surface area (Å²) in [6.45, 7) is 0.734. The van der Waals surface area contributed by atoms with Gasteiger partial charge in [-0.3, -0.25) is 0 Å². The molecule has 2 aliphatic carbocycles. The van der Waals surface area contributed by atoms with E-state index in [4.69, 9.17) is 15.2 Å². The molecule has 3 aliphatic rings. The molecule has 0 amide bonds. The van der Waals surface area contributed by atoms with Crippen LogP contribution in [0.5, 0.6) is 11.5 Å². The molecule has 3 heteroatoms. The van der Waals surface area contributed by atoms with Crippen molar-refractivity contribution < 1.29 is 9.47 Å². The van der Waals surface area contributed by atoms with Crippen LogP contribution in [0.25, 0.3) is 0 Å². The van der Waals surface area contributed by atoms with Crippen LogP contribution in [0.2, 0.25) is 0 Å². The summed E-state index contributed by atoms with van der Waals surface area (Å²) >= 11 is 0. The van der Waals surface area contributed by atoms with Crippen molar-refractivity contribution in [2.45, 2.75) is 62.6 Å². The third-order valence-corrected chi connectivity index (χ3v) is 5.46. The molecule has 1 aliphatic heterocycles. The van der Waals surface area contributed by atoms with Gasteiger partial charge in [0.05, 0.1) is 0 Å². The largest absolute Gasteiger partial charge is 0.448 e. The maximum absolute atomic E-state index is 6.13. The van der Waals surface area contributed by atoms with Gasteiger partial charge in [-0.15, -0.1) is 0 Å². The smallest absolute Gasteiger partial charge is 0.251 e. The number of hydrogen-bond acceptors (Lipinski definition) is 3. The molecule has 20 heavy (non-hydrogen) atoms. The Hall–Kier alpha value is -1.22. The zero-order chi connectivity index (χ0) is 13.6. The highest BCUT2D eigenvalue weighted by Crippen LogP contribution is 2.50. The molecule has 0 aromatic heterocycles. The van der Waals surface area contributed by atoms with Crippen molar-refractivity contribution in [3.8, 4) is 11.5 Å². The lowest BCUT2D eigenvalue weighted by atomic mass is 9.69. The van der Waals surface area contributed by atoms with Crippen LogP contribution in [0.3, 0.4) is 0 Å². The zero-order valence-corrected chi connectivity index (χ0v) is 12.0. The van der Waals surface area contributed by atoms with Crippen LogP contribution in [0.15, 0.2) is 18.2 Å². The standard InChI is InChI=1S/C17H23NO2/c18-12-16(7-2-1-3-8-16)13-5-6-14-15(11-13)20-17(19-14)9-4-10-17/h5-6,11H,1-4,7-10,12,18H2. The maximum atomic E-state index is 6.13. The van der Waals surface area contributed by atoms with Crippen molar-refractivity contribution in [3.63, 3.8) is 0 Å². The fourth-order valence-electron chi connectivity index (χ4n) is 3.93. The van der Waals surface area contributed by atoms with Gasteiger partial charge in [0.15, 0.2) is 11.5 Å². The summed E-state index contributed by atoms with van der Waals surface area (Å²) < 4.78 is 12.1. The fraction of sp³-hybridized carbons (Fsp3) is 0.647. The molecule has 3 nitrogen and oxygen atoms in total. The Kier molecular flexibility index (Phi) is 2.75. The molecule has 2 fully saturated rings. The van der Waals surface area contributed by atoms with E-state index in [0.29, 0.717) is 0 Å². The molecule has 1 heterocycles. The number of hydrogen-bond donors (Lipinski definition) is 1. The number of nitrogens with two attached hydrogens (primary N) is 1. The van der Waals surface area contributed by atoms with E-state index < -0.39 is 0 Å². The van der Waals surface area contributed by atoms with Gasteiger partial charge in [-0.1, -0.05) is 25.3 Å². The highest BCUT2D eigenvalue weighted by atomic mass is 16.7. The number of benzene rings is 1. The van der Waals surface area contributed by atoms with Crippen molar-refractivity contribution in [2.24, 2.45) is 5.73 Å². The number of ether oxygens (including phenoxy) is 2. The van der Waals surface area contributed by atoms with Gasteiger partial charge >= 0.3 is 0 Å². The minimum Gasteiger partial charge on any atom is -0.448 e.